The van der Waals surface area contributed by atoms with Crippen LogP contribution in [0.3, 0.4) is 0 Å². The highest BCUT2D eigenvalue weighted by Crippen LogP contribution is 2.25. The fraction of sp³-hybridized carbons (Fsp3) is 0.625. The number of nitrogens with two attached hydrogens (primary N) is 1. The molecule has 0 aliphatic carbocycles. The van der Waals surface area contributed by atoms with Gasteiger partial charge in [0.15, 0.2) is 0 Å². The molecule has 112 valence electrons. The van der Waals surface area contributed by atoms with Crippen molar-refractivity contribution < 1.29 is 0 Å². The van der Waals surface area contributed by atoms with Gasteiger partial charge >= 0.3 is 0 Å². The fourth-order valence-electron chi connectivity index (χ4n) is 3.05. The van der Waals surface area contributed by atoms with Crippen LogP contribution >= 0.6 is 11.6 Å². The zero-order valence-corrected chi connectivity index (χ0v) is 13.3. The molecule has 0 aromatic heterocycles. The molecule has 20 heavy (non-hydrogen) atoms. The summed E-state index contributed by atoms with van der Waals surface area (Å²) in [4.78, 5) is 4.85. The summed E-state index contributed by atoms with van der Waals surface area (Å²) >= 11 is 6.21. The van der Waals surface area contributed by atoms with E-state index in [4.69, 9.17) is 17.3 Å². The lowest BCUT2D eigenvalue weighted by molar-refractivity contribution is 0.202. The van der Waals surface area contributed by atoms with E-state index in [9.17, 15) is 0 Å². The van der Waals surface area contributed by atoms with Crippen LogP contribution in [0.1, 0.15) is 30.9 Å². The topological polar surface area (TPSA) is 32.5 Å². The average molecular weight is 296 g/mol. The highest BCUT2D eigenvalue weighted by molar-refractivity contribution is 6.31. The van der Waals surface area contributed by atoms with Crippen LogP contribution in [0.5, 0.6) is 0 Å². The van der Waals surface area contributed by atoms with Crippen LogP contribution in [0.4, 0.5) is 0 Å². The Morgan fingerprint density at radius 3 is 2.85 bits per heavy atom. The second kappa shape index (κ2) is 7.41. The minimum Gasteiger partial charge on any atom is -0.324 e. The van der Waals surface area contributed by atoms with E-state index in [1.807, 2.05) is 24.3 Å². The second-order valence-corrected chi connectivity index (χ2v) is 6.42. The Labute approximate surface area is 127 Å². The summed E-state index contributed by atoms with van der Waals surface area (Å²) in [6, 6.07) is 8.63. The number of nitrogens with zero attached hydrogens (tertiary/aromatic N) is 2. The van der Waals surface area contributed by atoms with Crippen molar-refractivity contribution in [3.8, 4) is 0 Å². The van der Waals surface area contributed by atoms with Gasteiger partial charge in [-0.3, -0.25) is 4.90 Å². The summed E-state index contributed by atoms with van der Waals surface area (Å²) in [5.41, 5.74) is 7.37. The molecule has 4 heteroatoms. The summed E-state index contributed by atoms with van der Waals surface area (Å²) in [6.45, 7) is 3.40. The number of likely N-dealkylation sites (tertiary alicyclic amines) is 1. The number of halogens is 1. The Kier molecular flexibility index (Phi) is 5.85. The smallest absolute Gasteiger partial charge is 0.0453 e. The van der Waals surface area contributed by atoms with Gasteiger partial charge in [-0.25, -0.2) is 0 Å². The maximum atomic E-state index is 6.30. The maximum Gasteiger partial charge on any atom is 0.0453 e. The van der Waals surface area contributed by atoms with Crippen LogP contribution in [0.2, 0.25) is 5.02 Å². The summed E-state index contributed by atoms with van der Waals surface area (Å²) in [5.74, 6) is 0. The van der Waals surface area contributed by atoms with Gasteiger partial charge in [0, 0.05) is 30.2 Å². The Hall–Kier alpha value is -0.610. The molecule has 1 aromatic carbocycles. The molecule has 2 unspecified atom stereocenters. The van der Waals surface area contributed by atoms with Gasteiger partial charge in [-0.2, -0.15) is 0 Å². The lowest BCUT2D eigenvalue weighted by Gasteiger charge is -2.28. The van der Waals surface area contributed by atoms with Gasteiger partial charge in [-0.05, 0) is 51.5 Å². The summed E-state index contributed by atoms with van der Waals surface area (Å²) in [5, 5.41) is 0.784. The van der Waals surface area contributed by atoms with E-state index in [2.05, 4.69) is 23.9 Å². The first-order valence-electron chi connectivity index (χ1n) is 7.46. The van der Waals surface area contributed by atoms with Crippen molar-refractivity contribution in [1.29, 1.82) is 0 Å². The van der Waals surface area contributed by atoms with Gasteiger partial charge in [0.1, 0.15) is 0 Å². The van der Waals surface area contributed by atoms with Crippen LogP contribution in [-0.2, 0) is 0 Å². The van der Waals surface area contributed by atoms with Gasteiger partial charge in [0.25, 0.3) is 0 Å². The first-order valence-corrected chi connectivity index (χ1v) is 7.84. The third-order valence-corrected chi connectivity index (χ3v) is 4.45. The third kappa shape index (κ3) is 4.19. The van der Waals surface area contributed by atoms with Crippen LogP contribution in [0, 0.1) is 0 Å². The Morgan fingerprint density at radius 1 is 1.40 bits per heavy atom. The molecule has 0 radical (unpaired) electrons. The number of benzene rings is 1. The standard InChI is InChI=1S/C16H26ClN3/c1-19(2)12-13-6-5-10-20(13)11-9-16(18)14-7-3-4-8-15(14)17/h3-4,7-8,13,16H,5-6,9-12,18H2,1-2H3. The zero-order valence-electron chi connectivity index (χ0n) is 12.6. The Bertz CT molecular complexity index is 422. The lowest BCUT2D eigenvalue weighted by atomic mass is 10.0. The minimum atomic E-state index is 0.0318. The van der Waals surface area contributed by atoms with Crippen LogP contribution in [0.15, 0.2) is 24.3 Å². The molecule has 0 amide bonds. The molecule has 2 rings (SSSR count). The van der Waals surface area contributed by atoms with Crippen molar-refractivity contribution >= 4 is 11.6 Å². The lowest BCUT2D eigenvalue weighted by Crippen LogP contribution is -2.38. The monoisotopic (exact) mass is 295 g/mol. The van der Waals surface area contributed by atoms with Crippen molar-refractivity contribution in [1.82, 2.24) is 9.80 Å². The number of rotatable bonds is 6. The molecule has 3 nitrogen and oxygen atoms in total. The molecule has 0 saturated carbocycles. The van der Waals surface area contributed by atoms with Crippen molar-refractivity contribution in [3.05, 3.63) is 34.9 Å². The molecular weight excluding hydrogens is 270 g/mol. The predicted molar refractivity (Wildman–Crippen MR) is 86.1 cm³/mol. The van der Waals surface area contributed by atoms with Crippen LogP contribution in [0.25, 0.3) is 0 Å². The van der Waals surface area contributed by atoms with Gasteiger partial charge in [0.2, 0.25) is 0 Å². The molecule has 2 atom stereocenters. The molecule has 0 bridgehead atoms. The van der Waals surface area contributed by atoms with E-state index in [1.165, 1.54) is 19.4 Å². The van der Waals surface area contributed by atoms with E-state index in [-0.39, 0.29) is 6.04 Å². The molecule has 0 spiro atoms. The van der Waals surface area contributed by atoms with Gasteiger partial charge < -0.3 is 10.6 Å². The number of hydrogen-bond acceptors (Lipinski definition) is 3. The molecule has 1 saturated heterocycles. The molecule has 2 N–H and O–H groups in total. The summed E-state index contributed by atoms with van der Waals surface area (Å²) < 4.78 is 0. The summed E-state index contributed by atoms with van der Waals surface area (Å²) in [6.07, 6.45) is 3.58. The predicted octanol–water partition coefficient (Wildman–Crippen LogP) is 2.76. The van der Waals surface area contributed by atoms with Crippen molar-refractivity contribution in [2.24, 2.45) is 5.73 Å². The highest BCUT2D eigenvalue weighted by atomic mass is 35.5. The zero-order chi connectivity index (χ0) is 14.5. The maximum absolute atomic E-state index is 6.30. The van der Waals surface area contributed by atoms with Crippen LogP contribution in [-0.4, -0.2) is 49.6 Å². The molecule has 1 aliphatic rings. The van der Waals surface area contributed by atoms with E-state index in [0.29, 0.717) is 6.04 Å². The van der Waals surface area contributed by atoms with Gasteiger partial charge in [-0.15, -0.1) is 0 Å². The van der Waals surface area contributed by atoms with Crippen molar-refractivity contribution in [3.63, 3.8) is 0 Å². The highest BCUT2D eigenvalue weighted by Gasteiger charge is 2.25. The van der Waals surface area contributed by atoms with Crippen LogP contribution < -0.4 is 5.73 Å². The number of hydrogen-bond donors (Lipinski definition) is 1. The normalized spacial score (nSPS) is 21.6. The largest absolute Gasteiger partial charge is 0.324 e. The van der Waals surface area contributed by atoms with E-state index in [0.717, 1.165) is 30.1 Å². The van der Waals surface area contributed by atoms with Crippen molar-refractivity contribution in [2.45, 2.75) is 31.3 Å². The summed E-state index contributed by atoms with van der Waals surface area (Å²) in [7, 11) is 4.29. The average Bonchev–Trinajstić information content (AvgIpc) is 2.83. The fourth-order valence-corrected chi connectivity index (χ4v) is 3.33. The quantitative estimate of drug-likeness (QED) is 0.876. The molecule has 1 aliphatic heterocycles. The number of likely N-dealkylation sites (N-methyl/N-ethyl adjacent to an activating group) is 1. The van der Waals surface area contributed by atoms with E-state index < -0.39 is 0 Å². The van der Waals surface area contributed by atoms with Gasteiger partial charge in [0.05, 0.1) is 0 Å². The van der Waals surface area contributed by atoms with E-state index in [1.54, 1.807) is 0 Å². The van der Waals surface area contributed by atoms with Gasteiger partial charge in [-0.1, -0.05) is 29.8 Å². The van der Waals surface area contributed by atoms with Crippen molar-refractivity contribution in [2.75, 3.05) is 33.7 Å². The first-order chi connectivity index (χ1) is 9.58. The minimum absolute atomic E-state index is 0.0318. The Morgan fingerprint density at radius 2 is 2.15 bits per heavy atom. The van der Waals surface area contributed by atoms with E-state index >= 15 is 0 Å². The molecule has 1 aromatic rings. The first kappa shape index (κ1) is 15.8. The SMILES string of the molecule is CN(C)CC1CCCN1CCC(N)c1ccccc1Cl. The molecular formula is C16H26ClN3. The molecule has 1 heterocycles. The third-order valence-electron chi connectivity index (χ3n) is 4.11. The Balaban J connectivity index is 1.87. The molecule has 1 fully saturated rings. The second-order valence-electron chi connectivity index (χ2n) is 6.01.